The minimum absolute atomic E-state index is 0.109. The molecule has 0 amide bonds. The van der Waals surface area contributed by atoms with E-state index in [4.69, 9.17) is 0 Å². The van der Waals surface area contributed by atoms with Gasteiger partial charge >= 0.3 is 0 Å². The van der Waals surface area contributed by atoms with Gasteiger partial charge in [0.1, 0.15) is 5.82 Å². The van der Waals surface area contributed by atoms with Gasteiger partial charge < -0.3 is 0 Å². The molecule has 0 bridgehead atoms. The van der Waals surface area contributed by atoms with Crippen LogP contribution in [-0.4, -0.2) is 4.98 Å². The smallest absolute Gasteiger partial charge is 0.124 e. The summed E-state index contributed by atoms with van der Waals surface area (Å²) in [5.74, 6) is -0.236. The fraction of sp³-hybridized carbons (Fsp3) is 0.133. The van der Waals surface area contributed by atoms with Gasteiger partial charge in [-0.3, -0.25) is 0 Å². The highest BCUT2D eigenvalue weighted by Gasteiger charge is 2.15. The molecular weight excluding hydrogens is 405 g/mol. The summed E-state index contributed by atoms with van der Waals surface area (Å²) in [6.45, 7) is 0. The molecule has 0 saturated heterocycles. The van der Waals surface area contributed by atoms with E-state index >= 15 is 0 Å². The maximum absolute atomic E-state index is 13.1. The van der Waals surface area contributed by atoms with Crippen molar-refractivity contribution in [3.63, 3.8) is 0 Å². The number of alkyl halides is 1. The zero-order valence-corrected chi connectivity index (χ0v) is 14.3. The Bertz CT molecular complexity index is 723. The van der Waals surface area contributed by atoms with Crippen LogP contribution in [0.25, 0.3) is 10.2 Å². The molecule has 2 aromatic carbocycles. The van der Waals surface area contributed by atoms with E-state index in [0.29, 0.717) is 0 Å². The first kappa shape index (κ1) is 14.2. The third-order valence-electron chi connectivity index (χ3n) is 2.99. The molecule has 1 unspecified atom stereocenters. The molecule has 20 heavy (non-hydrogen) atoms. The molecule has 3 rings (SSSR count). The van der Waals surface area contributed by atoms with Crippen molar-refractivity contribution in [3.05, 3.63) is 63.3 Å². The molecule has 3 aromatic rings. The summed E-state index contributed by atoms with van der Waals surface area (Å²) in [5, 5.41) is 1.07. The fourth-order valence-corrected chi connectivity index (χ4v) is 4.89. The fourth-order valence-electron chi connectivity index (χ4n) is 2.03. The minimum atomic E-state index is -0.236. The Balaban J connectivity index is 1.86. The number of aromatic nitrogens is 1. The Morgan fingerprint density at radius 1 is 1.20 bits per heavy atom. The van der Waals surface area contributed by atoms with E-state index in [-0.39, 0.29) is 10.6 Å². The normalized spacial score (nSPS) is 12.8. The molecule has 1 nitrogen and oxygen atoms in total. The summed E-state index contributed by atoms with van der Waals surface area (Å²) < 4.78 is 15.1. The van der Waals surface area contributed by atoms with Crippen molar-refractivity contribution in [3.8, 4) is 0 Å². The maximum atomic E-state index is 13.1. The van der Waals surface area contributed by atoms with Crippen LogP contribution in [0.5, 0.6) is 0 Å². The summed E-state index contributed by atoms with van der Waals surface area (Å²) in [6.07, 6.45) is 0.781. The van der Waals surface area contributed by atoms with Gasteiger partial charge in [0.2, 0.25) is 0 Å². The molecular formula is C15H10Br2FNS. The number of fused-ring (bicyclic) bond motifs is 1. The number of rotatable bonds is 3. The number of nitrogens with zero attached hydrogens (tertiary/aromatic N) is 1. The SMILES string of the molecule is Fc1ccc(C(Br)Cc2nc3ccccc3s2)c(Br)c1. The van der Waals surface area contributed by atoms with E-state index in [0.717, 1.165) is 27.0 Å². The van der Waals surface area contributed by atoms with Crippen molar-refractivity contribution in [1.29, 1.82) is 0 Å². The van der Waals surface area contributed by atoms with Gasteiger partial charge in [-0.15, -0.1) is 11.3 Å². The van der Waals surface area contributed by atoms with Crippen molar-refractivity contribution in [2.75, 3.05) is 0 Å². The molecule has 102 valence electrons. The standard InChI is InChI=1S/C15H10Br2FNS/c16-11-7-9(18)5-6-10(11)12(17)8-15-19-13-3-1-2-4-14(13)20-15/h1-7,12H,8H2. The Morgan fingerprint density at radius 3 is 2.75 bits per heavy atom. The molecule has 0 aliphatic heterocycles. The quantitative estimate of drug-likeness (QED) is 0.488. The van der Waals surface area contributed by atoms with Gasteiger partial charge in [-0.2, -0.15) is 0 Å². The lowest BCUT2D eigenvalue weighted by atomic mass is 10.1. The van der Waals surface area contributed by atoms with Gasteiger partial charge in [0.15, 0.2) is 0 Å². The Kier molecular flexibility index (Phi) is 4.19. The van der Waals surface area contributed by atoms with Crippen LogP contribution in [-0.2, 0) is 6.42 Å². The number of benzene rings is 2. The number of para-hydroxylation sites is 1. The predicted octanol–water partition coefficient (Wildman–Crippen LogP) is 5.88. The third kappa shape index (κ3) is 2.95. The molecule has 0 N–H and O–H groups in total. The first-order valence-electron chi connectivity index (χ1n) is 6.07. The molecule has 0 radical (unpaired) electrons. The second-order valence-electron chi connectivity index (χ2n) is 4.41. The Labute approximate surface area is 137 Å². The largest absolute Gasteiger partial charge is 0.241 e. The van der Waals surface area contributed by atoms with Crippen molar-refractivity contribution in [1.82, 2.24) is 4.98 Å². The summed E-state index contributed by atoms with van der Waals surface area (Å²) >= 11 is 8.78. The van der Waals surface area contributed by atoms with E-state index < -0.39 is 0 Å². The lowest BCUT2D eigenvalue weighted by Gasteiger charge is -2.10. The summed E-state index contributed by atoms with van der Waals surface area (Å²) in [4.78, 5) is 4.73. The van der Waals surface area contributed by atoms with Crippen LogP contribution in [0.1, 0.15) is 15.4 Å². The van der Waals surface area contributed by atoms with E-state index in [9.17, 15) is 4.39 Å². The third-order valence-corrected chi connectivity index (χ3v) is 5.55. The summed E-state index contributed by atoms with van der Waals surface area (Å²) in [7, 11) is 0. The van der Waals surface area contributed by atoms with Gasteiger partial charge in [-0.1, -0.05) is 50.1 Å². The monoisotopic (exact) mass is 413 g/mol. The van der Waals surface area contributed by atoms with Crippen molar-refractivity contribution in [2.45, 2.75) is 11.2 Å². The van der Waals surface area contributed by atoms with Crippen molar-refractivity contribution in [2.24, 2.45) is 0 Å². The zero-order chi connectivity index (χ0) is 14.1. The molecule has 0 aliphatic carbocycles. The van der Waals surface area contributed by atoms with E-state index in [1.807, 2.05) is 18.2 Å². The lowest BCUT2D eigenvalue weighted by molar-refractivity contribution is 0.626. The topological polar surface area (TPSA) is 12.9 Å². The average molecular weight is 415 g/mol. The first-order chi connectivity index (χ1) is 9.63. The predicted molar refractivity (Wildman–Crippen MR) is 89.1 cm³/mol. The molecule has 0 spiro atoms. The molecule has 1 aromatic heterocycles. The second kappa shape index (κ2) is 5.92. The molecule has 5 heteroatoms. The average Bonchev–Trinajstić information content (AvgIpc) is 2.80. The van der Waals surface area contributed by atoms with Crippen LogP contribution in [0.3, 0.4) is 0 Å². The number of halogens is 3. The molecule has 1 atom stereocenters. The molecule has 0 saturated carbocycles. The van der Waals surface area contributed by atoms with E-state index in [1.54, 1.807) is 17.4 Å². The molecule has 0 aliphatic rings. The molecule has 0 fully saturated rings. The van der Waals surface area contributed by atoms with E-state index in [1.165, 1.54) is 16.8 Å². The van der Waals surface area contributed by atoms with Crippen LogP contribution < -0.4 is 0 Å². The first-order valence-corrected chi connectivity index (χ1v) is 8.59. The Morgan fingerprint density at radius 2 is 2.00 bits per heavy atom. The van der Waals surface area contributed by atoms with Gasteiger partial charge in [-0.25, -0.2) is 9.37 Å². The van der Waals surface area contributed by atoms with Crippen LogP contribution in [0, 0.1) is 5.82 Å². The van der Waals surface area contributed by atoms with Crippen LogP contribution in [0.2, 0.25) is 0 Å². The number of hydrogen-bond acceptors (Lipinski definition) is 2. The molecule has 1 heterocycles. The number of thiazole rings is 1. The second-order valence-corrected chi connectivity index (χ2v) is 7.49. The van der Waals surface area contributed by atoms with Crippen molar-refractivity contribution < 1.29 is 4.39 Å². The highest BCUT2D eigenvalue weighted by Crippen LogP contribution is 2.34. The van der Waals surface area contributed by atoms with Gasteiger partial charge in [0, 0.05) is 15.7 Å². The van der Waals surface area contributed by atoms with Gasteiger partial charge in [0.05, 0.1) is 15.2 Å². The van der Waals surface area contributed by atoms with Gasteiger partial charge in [-0.05, 0) is 29.8 Å². The maximum Gasteiger partial charge on any atom is 0.124 e. The van der Waals surface area contributed by atoms with Crippen LogP contribution in [0.4, 0.5) is 4.39 Å². The summed E-state index contributed by atoms with van der Waals surface area (Å²) in [5.41, 5.74) is 2.07. The van der Waals surface area contributed by atoms with Gasteiger partial charge in [0.25, 0.3) is 0 Å². The van der Waals surface area contributed by atoms with Crippen LogP contribution in [0.15, 0.2) is 46.9 Å². The Hall–Kier alpha value is -0.780. The minimum Gasteiger partial charge on any atom is -0.241 e. The van der Waals surface area contributed by atoms with E-state index in [2.05, 4.69) is 42.9 Å². The zero-order valence-electron chi connectivity index (χ0n) is 10.3. The number of hydrogen-bond donors (Lipinski definition) is 0. The lowest BCUT2D eigenvalue weighted by Crippen LogP contribution is -1.96. The summed E-state index contributed by atoms with van der Waals surface area (Å²) in [6, 6.07) is 12.9. The van der Waals surface area contributed by atoms with Crippen molar-refractivity contribution >= 4 is 53.4 Å². The highest BCUT2D eigenvalue weighted by atomic mass is 79.9. The van der Waals surface area contributed by atoms with Crippen LogP contribution >= 0.6 is 43.2 Å². The highest BCUT2D eigenvalue weighted by molar-refractivity contribution is 9.11.